The van der Waals surface area contributed by atoms with Gasteiger partial charge in [0.2, 0.25) is 0 Å². The van der Waals surface area contributed by atoms with Crippen LogP contribution in [0.3, 0.4) is 0 Å². The van der Waals surface area contributed by atoms with Crippen molar-refractivity contribution in [2.75, 3.05) is 0 Å². The molecule has 0 amide bonds. The number of aldehydes is 1. The summed E-state index contributed by atoms with van der Waals surface area (Å²) in [7, 11) is 0. The van der Waals surface area contributed by atoms with Crippen molar-refractivity contribution in [2.45, 2.75) is 0 Å². The molecule has 0 spiro atoms. The molecule has 2 nitrogen and oxygen atoms in total. The summed E-state index contributed by atoms with van der Waals surface area (Å²) in [4.78, 5) is 15.9. The molecule has 78 valence electrons. The lowest BCUT2D eigenvalue weighted by atomic mass is 10.1. The third kappa shape index (κ3) is 1.30. The molecular formula is C12H6BrNOS. The van der Waals surface area contributed by atoms with Crippen LogP contribution < -0.4 is 0 Å². The highest BCUT2D eigenvalue weighted by Crippen LogP contribution is 2.38. The van der Waals surface area contributed by atoms with Crippen LogP contribution in [0.25, 0.3) is 21.0 Å². The number of carbonyl (C=O) groups excluding carboxylic acids is 1. The Kier molecular flexibility index (Phi) is 2.26. The van der Waals surface area contributed by atoms with Crippen LogP contribution >= 0.6 is 27.3 Å². The van der Waals surface area contributed by atoms with Gasteiger partial charge in [0.1, 0.15) is 0 Å². The lowest BCUT2D eigenvalue weighted by molar-refractivity contribution is 0.112. The number of rotatable bonds is 1. The van der Waals surface area contributed by atoms with Crippen molar-refractivity contribution in [2.24, 2.45) is 0 Å². The molecule has 2 aromatic heterocycles. The van der Waals surface area contributed by atoms with Gasteiger partial charge in [-0.1, -0.05) is 6.07 Å². The predicted octanol–water partition coefficient (Wildman–Crippen LogP) is 4.02. The van der Waals surface area contributed by atoms with E-state index in [4.69, 9.17) is 0 Å². The molecule has 0 aliphatic rings. The molecule has 4 heteroatoms. The van der Waals surface area contributed by atoms with Gasteiger partial charge in [0.15, 0.2) is 6.29 Å². The zero-order valence-electron chi connectivity index (χ0n) is 8.11. The van der Waals surface area contributed by atoms with Crippen LogP contribution in [-0.2, 0) is 0 Å². The van der Waals surface area contributed by atoms with E-state index in [-0.39, 0.29) is 0 Å². The number of aromatic nitrogens is 1. The Labute approximate surface area is 104 Å². The molecule has 0 fully saturated rings. The number of halogens is 1. The molecule has 1 aromatic carbocycles. The standard InChI is InChI=1S/C12H6BrNOS/c13-12-10(6-15)16-9-4-3-8-7(11(9)12)2-1-5-14-8/h1-6H. The summed E-state index contributed by atoms with van der Waals surface area (Å²) in [5.74, 6) is 0. The van der Waals surface area contributed by atoms with Crippen LogP contribution in [-0.4, -0.2) is 11.3 Å². The fourth-order valence-corrected chi connectivity index (χ4v) is 3.63. The van der Waals surface area contributed by atoms with Crippen LogP contribution in [0, 0.1) is 0 Å². The van der Waals surface area contributed by atoms with E-state index in [1.807, 2.05) is 24.3 Å². The first-order valence-electron chi connectivity index (χ1n) is 4.72. The Morgan fingerprint density at radius 3 is 3.00 bits per heavy atom. The van der Waals surface area contributed by atoms with Crippen LogP contribution in [0.5, 0.6) is 0 Å². The van der Waals surface area contributed by atoms with E-state index >= 15 is 0 Å². The number of benzene rings is 1. The number of hydrogen-bond acceptors (Lipinski definition) is 3. The summed E-state index contributed by atoms with van der Waals surface area (Å²) >= 11 is 4.98. The van der Waals surface area contributed by atoms with E-state index in [1.165, 1.54) is 11.3 Å². The first kappa shape index (κ1) is 9.93. The van der Waals surface area contributed by atoms with Crippen molar-refractivity contribution < 1.29 is 4.79 Å². The number of carbonyl (C=O) groups is 1. The average Bonchev–Trinajstić information content (AvgIpc) is 2.66. The van der Waals surface area contributed by atoms with Gasteiger partial charge in [-0.25, -0.2) is 0 Å². The van der Waals surface area contributed by atoms with E-state index in [1.54, 1.807) is 6.20 Å². The first-order valence-corrected chi connectivity index (χ1v) is 6.33. The molecule has 16 heavy (non-hydrogen) atoms. The Bertz CT molecular complexity index is 705. The van der Waals surface area contributed by atoms with Gasteiger partial charge in [0, 0.05) is 26.1 Å². The third-order valence-corrected chi connectivity index (χ3v) is 4.68. The van der Waals surface area contributed by atoms with Crippen molar-refractivity contribution >= 4 is 54.5 Å². The number of pyridine rings is 1. The summed E-state index contributed by atoms with van der Waals surface area (Å²) in [6, 6.07) is 7.92. The van der Waals surface area contributed by atoms with Gasteiger partial charge in [-0.15, -0.1) is 11.3 Å². The van der Waals surface area contributed by atoms with Crippen LogP contribution in [0.1, 0.15) is 9.67 Å². The molecule has 0 radical (unpaired) electrons. The SMILES string of the molecule is O=Cc1sc2ccc3ncccc3c2c1Br. The van der Waals surface area contributed by atoms with Gasteiger partial charge in [-0.05, 0) is 34.1 Å². The summed E-state index contributed by atoms with van der Waals surface area (Å²) in [6.07, 6.45) is 2.66. The second-order valence-corrected chi connectivity index (χ2v) is 5.28. The molecule has 0 atom stereocenters. The molecule has 0 aliphatic carbocycles. The van der Waals surface area contributed by atoms with E-state index in [0.717, 1.165) is 36.6 Å². The second-order valence-electron chi connectivity index (χ2n) is 3.41. The monoisotopic (exact) mass is 291 g/mol. The van der Waals surface area contributed by atoms with Gasteiger partial charge in [-0.2, -0.15) is 0 Å². The normalized spacial score (nSPS) is 11.1. The van der Waals surface area contributed by atoms with Crippen molar-refractivity contribution in [1.82, 2.24) is 4.98 Å². The van der Waals surface area contributed by atoms with Crippen LogP contribution in [0.15, 0.2) is 34.9 Å². The Morgan fingerprint density at radius 1 is 1.31 bits per heavy atom. The molecule has 2 heterocycles. The highest BCUT2D eigenvalue weighted by atomic mass is 79.9. The largest absolute Gasteiger partial charge is 0.297 e. The lowest BCUT2D eigenvalue weighted by Crippen LogP contribution is -1.78. The van der Waals surface area contributed by atoms with E-state index in [2.05, 4.69) is 20.9 Å². The molecule has 0 bridgehead atoms. The molecule has 0 N–H and O–H groups in total. The minimum Gasteiger partial charge on any atom is -0.297 e. The van der Waals surface area contributed by atoms with Crippen LogP contribution in [0.4, 0.5) is 0 Å². The fourth-order valence-electron chi connectivity index (χ4n) is 1.81. The highest BCUT2D eigenvalue weighted by molar-refractivity contribution is 9.10. The molecular weight excluding hydrogens is 286 g/mol. The van der Waals surface area contributed by atoms with Crippen molar-refractivity contribution in [3.8, 4) is 0 Å². The highest BCUT2D eigenvalue weighted by Gasteiger charge is 2.11. The van der Waals surface area contributed by atoms with Gasteiger partial charge in [0.05, 0.1) is 10.4 Å². The first-order chi connectivity index (χ1) is 7.81. The molecule has 0 unspecified atom stereocenters. The summed E-state index contributed by atoms with van der Waals surface area (Å²) in [5, 5.41) is 2.16. The fraction of sp³-hybridized carbons (Fsp3) is 0. The van der Waals surface area contributed by atoms with Crippen molar-refractivity contribution in [1.29, 1.82) is 0 Å². The number of thiophene rings is 1. The summed E-state index contributed by atoms with van der Waals surface area (Å²) < 4.78 is 1.98. The van der Waals surface area contributed by atoms with Crippen molar-refractivity contribution in [3.05, 3.63) is 39.8 Å². The summed E-state index contributed by atoms with van der Waals surface area (Å²) in [6.45, 7) is 0. The topological polar surface area (TPSA) is 30.0 Å². The molecule has 3 rings (SSSR count). The quantitative estimate of drug-likeness (QED) is 0.634. The Morgan fingerprint density at radius 2 is 2.19 bits per heavy atom. The van der Waals surface area contributed by atoms with Gasteiger partial charge in [0.25, 0.3) is 0 Å². The zero-order chi connectivity index (χ0) is 11.1. The van der Waals surface area contributed by atoms with Gasteiger partial charge in [-0.3, -0.25) is 9.78 Å². The van der Waals surface area contributed by atoms with Gasteiger partial charge >= 0.3 is 0 Å². The maximum atomic E-state index is 10.9. The molecule has 0 aliphatic heterocycles. The third-order valence-electron chi connectivity index (χ3n) is 2.51. The predicted molar refractivity (Wildman–Crippen MR) is 70.2 cm³/mol. The zero-order valence-corrected chi connectivity index (χ0v) is 10.5. The number of fused-ring (bicyclic) bond motifs is 3. The lowest BCUT2D eigenvalue weighted by Gasteiger charge is -1.98. The number of hydrogen-bond donors (Lipinski definition) is 0. The summed E-state index contributed by atoms with van der Waals surface area (Å²) in [5.41, 5.74) is 0.950. The maximum absolute atomic E-state index is 10.9. The molecule has 3 aromatic rings. The smallest absolute Gasteiger partial charge is 0.161 e. The van der Waals surface area contributed by atoms with Gasteiger partial charge < -0.3 is 0 Å². The molecule has 0 saturated carbocycles. The van der Waals surface area contributed by atoms with Crippen LogP contribution in [0.2, 0.25) is 0 Å². The minimum atomic E-state index is 0.728. The minimum absolute atomic E-state index is 0.728. The van der Waals surface area contributed by atoms with E-state index in [0.29, 0.717) is 0 Å². The van der Waals surface area contributed by atoms with Crippen molar-refractivity contribution in [3.63, 3.8) is 0 Å². The Hall–Kier alpha value is -1.26. The second kappa shape index (κ2) is 3.64. The number of nitrogens with zero attached hydrogens (tertiary/aromatic N) is 1. The molecule has 0 saturated heterocycles. The maximum Gasteiger partial charge on any atom is 0.161 e. The van der Waals surface area contributed by atoms with E-state index in [9.17, 15) is 4.79 Å². The Balaban J connectivity index is 2.59. The van der Waals surface area contributed by atoms with E-state index < -0.39 is 0 Å². The average molecular weight is 292 g/mol.